The number of nitrogens with zero attached hydrogens (tertiary/aromatic N) is 2. The molecule has 0 unspecified atom stereocenters. The molecule has 29 heavy (non-hydrogen) atoms. The number of anilines is 1. The van der Waals surface area contributed by atoms with Gasteiger partial charge < -0.3 is 5.32 Å². The van der Waals surface area contributed by atoms with Crippen LogP contribution in [0.2, 0.25) is 0 Å². The van der Waals surface area contributed by atoms with Gasteiger partial charge in [-0.25, -0.2) is 14.4 Å². The van der Waals surface area contributed by atoms with Gasteiger partial charge in [-0.2, -0.15) is 0 Å². The van der Waals surface area contributed by atoms with Crippen molar-refractivity contribution in [2.75, 3.05) is 11.1 Å². The molecule has 0 fully saturated rings. The number of fused-ring (bicyclic) bond motifs is 1. The Morgan fingerprint density at radius 2 is 1.90 bits per heavy atom. The predicted octanol–water partition coefficient (Wildman–Crippen LogP) is 5.85. The summed E-state index contributed by atoms with van der Waals surface area (Å²) in [5, 5.41) is 6.61. The Morgan fingerprint density at radius 3 is 2.66 bits per heavy atom. The van der Waals surface area contributed by atoms with Crippen molar-refractivity contribution in [1.82, 2.24) is 9.97 Å². The number of hydrogen-bond acceptors (Lipinski definition) is 5. The predicted molar refractivity (Wildman–Crippen MR) is 118 cm³/mol. The van der Waals surface area contributed by atoms with Crippen molar-refractivity contribution in [3.8, 4) is 11.1 Å². The molecule has 4 aromatic rings. The molecular weight excluding hydrogens is 405 g/mol. The zero-order valence-electron chi connectivity index (χ0n) is 15.9. The number of carbonyl (C=O) groups is 1. The molecular formula is C22H18FN3OS2. The van der Waals surface area contributed by atoms with E-state index in [1.165, 1.54) is 53.5 Å². The molecule has 1 N–H and O–H groups in total. The maximum atomic E-state index is 13.0. The summed E-state index contributed by atoms with van der Waals surface area (Å²) >= 11 is 2.94. The van der Waals surface area contributed by atoms with Crippen molar-refractivity contribution in [3.63, 3.8) is 0 Å². The van der Waals surface area contributed by atoms with E-state index in [-0.39, 0.29) is 17.5 Å². The molecule has 4 rings (SSSR count). The fraction of sp³-hybridized carbons (Fsp3) is 0.136. The summed E-state index contributed by atoms with van der Waals surface area (Å²) in [6.45, 7) is 4.19. The molecule has 146 valence electrons. The second-order valence-corrected chi connectivity index (χ2v) is 8.47. The third-order valence-corrected chi connectivity index (χ3v) is 6.50. The summed E-state index contributed by atoms with van der Waals surface area (Å²) in [4.78, 5) is 22.0. The van der Waals surface area contributed by atoms with Crippen molar-refractivity contribution in [2.24, 2.45) is 0 Å². The number of halogens is 1. The molecule has 0 saturated carbocycles. The summed E-state index contributed by atoms with van der Waals surface area (Å²) in [5.41, 5.74) is 5.24. The molecule has 1 amide bonds. The minimum atomic E-state index is -0.336. The first-order valence-electron chi connectivity index (χ1n) is 8.99. The zero-order valence-corrected chi connectivity index (χ0v) is 17.5. The SMILES string of the molecule is Cc1ccc(-c2csc3ncnc(SCC(=O)Nc4ccc(F)cc4)c23)cc1C. The van der Waals surface area contributed by atoms with E-state index in [0.717, 1.165) is 26.4 Å². The van der Waals surface area contributed by atoms with Gasteiger partial charge in [0.2, 0.25) is 5.91 Å². The lowest BCUT2D eigenvalue weighted by atomic mass is 10.0. The van der Waals surface area contributed by atoms with Gasteiger partial charge in [-0.15, -0.1) is 11.3 Å². The second kappa shape index (κ2) is 8.31. The highest BCUT2D eigenvalue weighted by Crippen LogP contribution is 2.38. The Bertz CT molecular complexity index is 1190. The molecule has 0 atom stereocenters. The Hall–Kier alpha value is -2.77. The van der Waals surface area contributed by atoms with Crippen molar-refractivity contribution < 1.29 is 9.18 Å². The van der Waals surface area contributed by atoms with E-state index < -0.39 is 0 Å². The summed E-state index contributed by atoms with van der Waals surface area (Å²) in [5.74, 6) is -0.306. The number of hydrogen-bond donors (Lipinski definition) is 1. The van der Waals surface area contributed by atoms with E-state index in [1.807, 2.05) is 0 Å². The maximum Gasteiger partial charge on any atom is 0.234 e. The highest BCUT2D eigenvalue weighted by molar-refractivity contribution is 8.00. The number of benzene rings is 2. The van der Waals surface area contributed by atoms with Crippen LogP contribution in [0.25, 0.3) is 21.3 Å². The van der Waals surface area contributed by atoms with Gasteiger partial charge in [0.25, 0.3) is 0 Å². The number of aromatic nitrogens is 2. The zero-order chi connectivity index (χ0) is 20.4. The number of nitrogens with one attached hydrogen (secondary N) is 1. The Kier molecular flexibility index (Phi) is 5.60. The minimum absolute atomic E-state index is 0.170. The fourth-order valence-corrected chi connectivity index (χ4v) is 4.74. The molecule has 0 aliphatic heterocycles. The first-order chi connectivity index (χ1) is 14.0. The van der Waals surface area contributed by atoms with Gasteiger partial charge in [0.1, 0.15) is 22.0 Å². The number of aryl methyl sites for hydroxylation is 2. The van der Waals surface area contributed by atoms with Crippen LogP contribution in [0.4, 0.5) is 10.1 Å². The molecule has 2 heterocycles. The lowest BCUT2D eigenvalue weighted by molar-refractivity contribution is -0.113. The van der Waals surface area contributed by atoms with Crippen LogP contribution >= 0.6 is 23.1 Å². The van der Waals surface area contributed by atoms with Crippen molar-refractivity contribution in [2.45, 2.75) is 18.9 Å². The second-order valence-electron chi connectivity index (χ2n) is 6.65. The summed E-state index contributed by atoms with van der Waals surface area (Å²) in [6, 6.07) is 12.1. The monoisotopic (exact) mass is 423 g/mol. The van der Waals surface area contributed by atoms with Crippen LogP contribution < -0.4 is 5.32 Å². The molecule has 7 heteroatoms. The third kappa shape index (κ3) is 4.31. The highest BCUT2D eigenvalue weighted by atomic mass is 32.2. The van der Waals surface area contributed by atoms with Crippen LogP contribution in [-0.2, 0) is 4.79 Å². The molecule has 0 aliphatic carbocycles. The number of carbonyl (C=O) groups excluding carboxylic acids is 1. The van der Waals surface area contributed by atoms with Crippen molar-refractivity contribution >= 4 is 44.9 Å². The van der Waals surface area contributed by atoms with Gasteiger partial charge in [0.05, 0.1) is 11.1 Å². The van der Waals surface area contributed by atoms with Crippen LogP contribution in [0.15, 0.2) is 59.2 Å². The van der Waals surface area contributed by atoms with Crippen molar-refractivity contribution in [1.29, 1.82) is 0 Å². The van der Waals surface area contributed by atoms with Gasteiger partial charge in [-0.1, -0.05) is 30.0 Å². The van der Waals surface area contributed by atoms with E-state index in [0.29, 0.717) is 5.69 Å². The quantitative estimate of drug-likeness (QED) is 0.323. The smallest absolute Gasteiger partial charge is 0.234 e. The van der Waals surface area contributed by atoms with Gasteiger partial charge in [0, 0.05) is 16.6 Å². The lowest BCUT2D eigenvalue weighted by Gasteiger charge is -2.08. The normalized spacial score (nSPS) is 11.0. The van der Waals surface area contributed by atoms with Gasteiger partial charge in [0.15, 0.2) is 0 Å². The average Bonchev–Trinajstić information content (AvgIpc) is 3.15. The molecule has 4 nitrogen and oxygen atoms in total. The lowest BCUT2D eigenvalue weighted by Crippen LogP contribution is -2.14. The van der Waals surface area contributed by atoms with E-state index in [4.69, 9.17) is 0 Å². The maximum absolute atomic E-state index is 13.0. The third-order valence-electron chi connectivity index (χ3n) is 4.62. The van der Waals surface area contributed by atoms with Crippen LogP contribution in [0.3, 0.4) is 0 Å². The Balaban J connectivity index is 1.57. The molecule has 0 radical (unpaired) electrons. The van der Waals surface area contributed by atoms with Crippen LogP contribution in [0.1, 0.15) is 11.1 Å². The highest BCUT2D eigenvalue weighted by Gasteiger charge is 2.15. The molecule has 0 aliphatic rings. The standard InChI is InChI=1S/C22H18FN3OS2/c1-13-3-4-15(9-14(13)2)18-10-28-21-20(18)22(25-12-24-21)29-11-19(27)26-17-7-5-16(23)6-8-17/h3-10,12H,11H2,1-2H3,(H,26,27). The minimum Gasteiger partial charge on any atom is -0.325 e. The topological polar surface area (TPSA) is 54.9 Å². The number of rotatable bonds is 5. The molecule has 2 aromatic heterocycles. The average molecular weight is 424 g/mol. The van der Waals surface area contributed by atoms with Crippen LogP contribution in [0.5, 0.6) is 0 Å². The first kappa shape index (κ1) is 19.5. The van der Waals surface area contributed by atoms with E-state index in [2.05, 4.69) is 52.7 Å². The molecule has 0 bridgehead atoms. The largest absolute Gasteiger partial charge is 0.325 e. The number of thioether (sulfide) groups is 1. The molecule has 0 spiro atoms. The first-order valence-corrected chi connectivity index (χ1v) is 10.9. The Morgan fingerprint density at radius 1 is 1.10 bits per heavy atom. The number of amides is 1. The van der Waals surface area contributed by atoms with Crippen molar-refractivity contribution in [3.05, 3.63) is 71.1 Å². The van der Waals surface area contributed by atoms with E-state index >= 15 is 0 Å². The van der Waals surface area contributed by atoms with E-state index in [1.54, 1.807) is 11.3 Å². The van der Waals surface area contributed by atoms with E-state index in [9.17, 15) is 9.18 Å². The summed E-state index contributed by atoms with van der Waals surface area (Å²) in [7, 11) is 0. The van der Waals surface area contributed by atoms with Gasteiger partial charge in [-0.05, 0) is 54.8 Å². The summed E-state index contributed by atoms with van der Waals surface area (Å²) in [6.07, 6.45) is 1.53. The van der Waals surface area contributed by atoms with Crippen LogP contribution in [0, 0.1) is 19.7 Å². The molecule has 0 saturated heterocycles. The summed E-state index contributed by atoms with van der Waals surface area (Å²) < 4.78 is 13.0. The van der Waals surface area contributed by atoms with Gasteiger partial charge in [-0.3, -0.25) is 4.79 Å². The fourth-order valence-electron chi connectivity index (χ4n) is 2.94. The number of thiophene rings is 1. The van der Waals surface area contributed by atoms with Crippen LogP contribution in [-0.4, -0.2) is 21.6 Å². The Labute approximate surface area is 176 Å². The van der Waals surface area contributed by atoms with Gasteiger partial charge >= 0.3 is 0 Å². The molecule has 2 aromatic carbocycles.